The molecule has 1 atom stereocenters. The van der Waals surface area contributed by atoms with Crippen LogP contribution in [0.4, 0.5) is 4.39 Å². The molecule has 0 aliphatic carbocycles. The number of H-pyrrole nitrogens is 2. The molecule has 1 aromatic carbocycles. The third-order valence-electron chi connectivity index (χ3n) is 4.76. The SMILES string of the molecule is Cc1nc([C@H]2CCCN2Cc2[nH]c3ccc(F)cc3c2C)n[nH]1. The summed E-state index contributed by atoms with van der Waals surface area (Å²) >= 11 is 0. The van der Waals surface area contributed by atoms with E-state index in [4.69, 9.17) is 0 Å². The van der Waals surface area contributed by atoms with Gasteiger partial charge in [-0.2, -0.15) is 5.10 Å². The summed E-state index contributed by atoms with van der Waals surface area (Å²) in [4.78, 5) is 10.3. The Morgan fingerprint density at radius 1 is 1.35 bits per heavy atom. The number of likely N-dealkylation sites (tertiary alicyclic amines) is 1. The van der Waals surface area contributed by atoms with E-state index in [2.05, 4.69) is 32.0 Å². The predicted molar refractivity (Wildman–Crippen MR) is 86.5 cm³/mol. The zero-order chi connectivity index (χ0) is 16.0. The fourth-order valence-electron chi connectivity index (χ4n) is 3.53. The molecule has 120 valence electrons. The molecule has 1 aliphatic heterocycles. The quantitative estimate of drug-likeness (QED) is 0.779. The highest BCUT2D eigenvalue weighted by Gasteiger charge is 2.29. The molecule has 6 heteroatoms. The van der Waals surface area contributed by atoms with Gasteiger partial charge in [0.05, 0.1) is 6.04 Å². The molecule has 23 heavy (non-hydrogen) atoms. The van der Waals surface area contributed by atoms with Gasteiger partial charge in [-0.1, -0.05) is 0 Å². The Morgan fingerprint density at radius 3 is 3.00 bits per heavy atom. The number of aromatic amines is 2. The molecule has 0 saturated carbocycles. The average Bonchev–Trinajstić information content (AvgIpc) is 3.22. The summed E-state index contributed by atoms with van der Waals surface area (Å²) in [5.41, 5.74) is 3.25. The Bertz CT molecular complexity index is 850. The second-order valence-electron chi connectivity index (χ2n) is 6.33. The lowest BCUT2D eigenvalue weighted by Gasteiger charge is -2.21. The standard InChI is InChI=1S/C17H20FN5/c1-10-13-8-12(18)5-6-14(13)20-15(10)9-23-7-3-4-16(23)17-19-11(2)21-22-17/h5-6,8,16,20H,3-4,7,9H2,1-2H3,(H,19,21,22)/t16-/m1/s1. The maximum atomic E-state index is 13.5. The molecule has 0 amide bonds. The van der Waals surface area contributed by atoms with Crippen molar-refractivity contribution in [1.82, 2.24) is 25.1 Å². The van der Waals surface area contributed by atoms with Crippen molar-refractivity contribution in [3.05, 3.63) is 46.9 Å². The van der Waals surface area contributed by atoms with Gasteiger partial charge in [0.1, 0.15) is 11.6 Å². The van der Waals surface area contributed by atoms with E-state index in [1.807, 2.05) is 6.92 Å². The summed E-state index contributed by atoms with van der Waals surface area (Å²) in [6, 6.07) is 5.16. The Kier molecular flexibility index (Phi) is 3.41. The lowest BCUT2D eigenvalue weighted by Crippen LogP contribution is -2.24. The number of fused-ring (bicyclic) bond motifs is 1. The van der Waals surface area contributed by atoms with Crippen LogP contribution in [0, 0.1) is 19.7 Å². The molecule has 1 fully saturated rings. The molecule has 0 radical (unpaired) electrons. The van der Waals surface area contributed by atoms with Crippen LogP contribution in [-0.2, 0) is 6.54 Å². The van der Waals surface area contributed by atoms with Crippen LogP contribution in [0.5, 0.6) is 0 Å². The molecule has 2 N–H and O–H groups in total. The summed E-state index contributed by atoms with van der Waals surface area (Å²) in [7, 11) is 0. The number of hydrogen-bond donors (Lipinski definition) is 2. The molecule has 4 rings (SSSR count). The van der Waals surface area contributed by atoms with Crippen LogP contribution in [0.3, 0.4) is 0 Å². The first-order valence-electron chi connectivity index (χ1n) is 8.01. The third-order valence-corrected chi connectivity index (χ3v) is 4.76. The van der Waals surface area contributed by atoms with Gasteiger partial charge in [-0.25, -0.2) is 9.37 Å². The van der Waals surface area contributed by atoms with Crippen molar-refractivity contribution in [2.45, 2.75) is 39.3 Å². The number of hydrogen-bond acceptors (Lipinski definition) is 3. The lowest BCUT2D eigenvalue weighted by molar-refractivity contribution is 0.237. The van der Waals surface area contributed by atoms with Crippen LogP contribution in [0.25, 0.3) is 10.9 Å². The summed E-state index contributed by atoms with van der Waals surface area (Å²) in [5.74, 6) is 1.53. The Labute approximate surface area is 133 Å². The molecule has 1 saturated heterocycles. The number of benzene rings is 1. The van der Waals surface area contributed by atoms with Crippen molar-refractivity contribution in [2.24, 2.45) is 0 Å². The molecular formula is C17H20FN5. The number of nitrogens with zero attached hydrogens (tertiary/aromatic N) is 3. The van der Waals surface area contributed by atoms with Gasteiger partial charge in [-0.05, 0) is 57.0 Å². The molecule has 5 nitrogen and oxygen atoms in total. The Morgan fingerprint density at radius 2 is 2.22 bits per heavy atom. The highest BCUT2D eigenvalue weighted by molar-refractivity contribution is 5.84. The molecule has 3 aromatic rings. The average molecular weight is 313 g/mol. The van der Waals surface area contributed by atoms with E-state index < -0.39 is 0 Å². The lowest BCUT2D eigenvalue weighted by atomic mass is 10.1. The van der Waals surface area contributed by atoms with Gasteiger partial charge in [0.15, 0.2) is 5.82 Å². The van der Waals surface area contributed by atoms with Gasteiger partial charge in [0.25, 0.3) is 0 Å². The number of aryl methyl sites for hydroxylation is 2. The molecule has 0 spiro atoms. The minimum absolute atomic E-state index is 0.193. The largest absolute Gasteiger partial charge is 0.357 e. The van der Waals surface area contributed by atoms with E-state index in [0.717, 1.165) is 59.7 Å². The van der Waals surface area contributed by atoms with Gasteiger partial charge in [-0.15, -0.1) is 0 Å². The minimum Gasteiger partial charge on any atom is -0.357 e. The molecule has 0 unspecified atom stereocenters. The van der Waals surface area contributed by atoms with Crippen molar-refractivity contribution >= 4 is 10.9 Å². The van der Waals surface area contributed by atoms with Gasteiger partial charge < -0.3 is 4.98 Å². The first-order chi connectivity index (χ1) is 11.1. The van der Waals surface area contributed by atoms with E-state index in [-0.39, 0.29) is 11.9 Å². The second-order valence-corrected chi connectivity index (χ2v) is 6.33. The van der Waals surface area contributed by atoms with Crippen LogP contribution in [0.2, 0.25) is 0 Å². The van der Waals surface area contributed by atoms with Gasteiger partial charge in [0.2, 0.25) is 0 Å². The van der Waals surface area contributed by atoms with E-state index >= 15 is 0 Å². The van der Waals surface area contributed by atoms with Crippen molar-refractivity contribution in [1.29, 1.82) is 0 Å². The monoisotopic (exact) mass is 313 g/mol. The summed E-state index contributed by atoms with van der Waals surface area (Å²) in [5, 5.41) is 8.22. The second kappa shape index (κ2) is 5.45. The van der Waals surface area contributed by atoms with Crippen LogP contribution in [0.1, 0.15) is 41.8 Å². The van der Waals surface area contributed by atoms with Crippen molar-refractivity contribution in [3.8, 4) is 0 Å². The van der Waals surface area contributed by atoms with E-state index in [9.17, 15) is 4.39 Å². The van der Waals surface area contributed by atoms with Crippen LogP contribution in [-0.4, -0.2) is 31.6 Å². The topological polar surface area (TPSA) is 60.6 Å². The van der Waals surface area contributed by atoms with Crippen LogP contribution in [0.15, 0.2) is 18.2 Å². The van der Waals surface area contributed by atoms with Crippen molar-refractivity contribution in [2.75, 3.05) is 6.54 Å². The van der Waals surface area contributed by atoms with E-state index in [0.29, 0.717) is 0 Å². The highest BCUT2D eigenvalue weighted by Crippen LogP contribution is 2.32. The van der Waals surface area contributed by atoms with Gasteiger partial charge in [-0.3, -0.25) is 10.00 Å². The van der Waals surface area contributed by atoms with Crippen molar-refractivity contribution in [3.63, 3.8) is 0 Å². The van der Waals surface area contributed by atoms with Gasteiger partial charge in [0, 0.05) is 23.1 Å². The number of rotatable bonds is 3. The molecule has 0 bridgehead atoms. The smallest absolute Gasteiger partial charge is 0.167 e. The summed E-state index contributed by atoms with van der Waals surface area (Å²) < 4.78 is 13.5. The first-order valence-corrected chi connectivity index (χ1v) is 8.01. The summed E-state index contributed by atoms with van der Waals surface area (Å²) in [6.45, 7) is 5.81. The molecule has 3 heterocycles. The van der Waals surface area contributed by atoms with Crippen molar-refractivity contribution < 1.29 is 4.39 Å². The fourth-order valence-corrected chi connectivity index (χ4v) is 3.53. The predicted octanol–water partition coefficient (Wildman–Crippen LogP) is 3.38. The molecular weight excluding hydrogens is 293 g/mol. The van der Waals surface area contributed by atoms with Crippen LogP contribution < -0.4 is 0 Å². The normalized spacial score (nSPS) is 19.0. The van der Waals surface area contributed by atoms with Crippen LogP contribution >= 0.6 is 0 Å². The zero-order valence-electron chi connectivity index (χ0n) is 13.4. The highest BCUT2D eigenvalue weighted by atomic mass is 19.1. The number of nitrogens with one attached hydrogen (secondary N) is 2. The Hall–Kier alpha value is -2.21. The molecule has 1 aliphatic rings. The maximum Gasteiger partial charge on any atom is 0.167 e. The third kappa shape index (κ3) is 2.53. The van der Waals surface area contributed by atoms with E-state index in [1.165, 1.54) is 6.07 Å². The molecule has 2 aromatic heterocycles. The number of halogens is 1. The Balaban J connectivity index is 1.63. The van der Waals surface area contributed by atoms with E-state index in [1.54, 1.807) is 12.1 Å². The summed E-state index contributed by atoms with van der Waals surface area (Å²) in [6.07, 6.45) is 2.22. The minimum atomic E-state index is -0.193. The first kappa shape index (κ1) is 14.4. The number of aromatic nitrogens is 4. The zero-order valence-corrected chi connectivity index (χ0v) is 13.4. The maximum absolute atomic E-state index is 13.5. The fraction of sp³-hybridized carbons (Fsp3) is 0.412. The van der Waals surface area contributed by atoms with Gasteiger partial charge >= 0.3 is 0 Å².